The molecule has 1 heterocycles. The molecule has 0 spiro atoms. The molecule has 1 aromatic carbocycles. The summed E-state index contributed by atoms with van der Waals surface area (Å²) in [4.78, 5) is 0. The van der Waals surface area contributed by atoms with E-state index in [1.165, 1.54) is 5.56 Å². The highest BCUT2D eigenvalue weighted by molar-refractivity contribution is 5.27. The minimum atomic E-state index is -0.963. The molecule has 0 saturated carbocycles. The molecule has 19 heavy (non-hydrogen) atoms. The first-order chi connectivity index (χ1) is 8.95. The van der Waals surface area contributed by atoms with Crippen LogP contribution in [0.1, 0.15) is 25.1 Å². The average molecular weight is 261 g/mol. The number of ether oxygens (including phenoxy) is 1. The van der Waals surface area contributed by atoms with E-state index >= 15 is 0 Å². The fourth-order valence-electron chi connectivity index (χ4n) is 1.65. The van der Waals surface area contributed by atoms with Gasteiger partial charge in [0, 0.05) is 0 Å². The van der Waals surface area contributed by atoms with E-state index in [9.17, 15) is 5.11 Å². The smallest absolute Gasteiger partial charge is 0.119 e. The Kier molecular flexibility index (Phi) is 3.85. The van der Waals surface area contributed by atoms with E-state index in [0.29, 0.717) is 18.8 Å². The van der Waals surface area contributed by atoms with Gasteiger partial charge in [0.25, 0.3) is 0 Å². The third-order valence-corrected chi connectivity index (χ3v) is 2.74. The van der Waals surface area contributed by atoms with Gasteiger partial charge in [0.05, 0.1) is 12.7 Å². The maximum absolute atomic E-state index is 9.79. The Bertz CT molecular complexity index is 544. The molecule has 0 fully saturated rings. The molecule has 0 aliphatic rings. The molecule has 5 nitrogen and oxygen atoms in total. The Labute approximate surface area is 112 Å². The van der Waals surface area contributed by atoms with Gasteiger partial charge in [-0.15, -0.1) is 5.10 Å². The number of aromatic nitrogens is 3. The van der Waals surface area contributed by atoms with Crippen molar-refractivity contribution in [3.8, 4) is 5.75 Å². The summed E-state index contributed by atoms with van der Waals surface area (Å²) in [6.45, 7) is 6.50. The van der Waals surface area contributed by atoms with Gasteiger partial charge in [-0.05, 0) is 38.5 Å². The number of hydrogen-bond acceptors (Lipinski definition) is 4. The lowest BCUT2D eigenvalue weighted by Gasteiger charge is -2.11. The molecule has 0 amide bonds. The number of aliphatic hydroxyl groups is 1. The lowest BCUT2D eigenvalue weighted by atomic mass is 10.1. The molecule has 1 aromatic heterocycles. The van der Waals surface area contributed by atoms with Crippen molar-refractivity contribution in [2.45, 2.75) is 32.9 Å². The van der Waals surface area contributed by atoms with Crippen LogP contribution in [-0.2, 0) is 12.1 Å². The zero-order valence-electron chi connectivity index (χ0n) is 11.5. The molecule has 5 heteroatoms. The molecule has 0 radical (unpaired) electrons. The van der Waals surface area contributed by atoms with E-state index in [0.717, 1.165) is 5.75 Å². The maximum atomic E-state index is 9.79. The molecule has 1 N–H and O–H groups in total. The third-order valence-electron chi connectivity index (χ3n) is 2.74. The summed E-state index contributed by atoms with van der Waals surface area (Å²) in [5.41, 5.74) is 0.765. The van der Waals surface area contributed by atoms with Crippen LogP contribution in [0, 0.1) is 6.92 Å². The summed E-state index contributed by atoms with van der Waals surface area (Å²) < 4.78 is 7.30. The van der Waals surface area contributed by atoms with E-state index in [-0.39, 0.29) is 0 Å². The quantitative estimate of drug-likeness (QED) is 0.893. The monoisotopic (exact) mass is 261 g/mol. The topological polar surface area (TPSA) is 60.2 Å². The van der Waals surface area contributed by atoms with E-state index in [1.807, 2.05) is 31.2 Å². The summed E-state index contributed by atoms with van der Waals surface area (Å²) in [5.74, 6) is 0.850. The Morgan fingerprint density at radius 3 is 2.79 bits per heavy atom. The van der Waals surface area contributed by atoms with Crippen LogP contribution in [0.15, 0.2) is 30.5 Å². The number of hydrogen-bond donors (Lipinski definition) is 1. The van der Waals surface area contributed by atoms with Gasteiger partial charge in [0.1, 0.15) is 23.7 Å². The van der Waals surface area contributed by atoms with Crippen LogP contribution in [-0.4, -0.2) is 26.7 Å². The van der Waals surface area contributed by atoms with Gasteiger partial charge in [-0.3, -0.25) is 0 Å². The van der Waals surface area contributed by atoms with Crippen LogP contribution in [0.2, 0.25) is 0 Å². The minimum absolute atomic E-state index is 0.512. The lowest BCUT2D eigenvalue weighted by Crippen LogP contribution is -2.16. The summed E-state index contributed by atoms with van der Waals surface area (Å²) in [5, 5.41) is 17.7. The summed E-state index contributed by atoms with van der Waals surface area (Å²) >= 11 is 0. The van der Waals surface area contributed by atoms with Crippen molar-refractivity contribution in [2.75, 3.05) is 6.61 Å². The summed E-state index contributed by atoms with van der Waals surface area (Å²) in [6, 6.07) is 7.91. The molecule has 0 atom stereocenters. The highest BCUT2D eigenvalue weighted by atomic mass is 16.5. The fraction of sp³-hybridized carbons (Fsp3) is 0.429. The Morgan fingerprint density at radius 1 is 1.37 bits per heavy atom. The van der Waals surface area contributed by atoms with Crippen LogP contribution in [0.3, 0.4) is 0 Å². The molecule has 2 aromatic rings. The van der Waals surface area contributed by atoms with Crippen molar-refractivity contribution in [3.05, 3.63) is 41.7 Å². The molecule has 0 saturated heterocycles. The molecular formula is C14H19N3O2. The Balaban J connectivity index is 1.88. The number of nitrogens with zero attached hydrogens (tertiary/aromatic N) is 3. The van der Waals surface area contributed by atoms with Gasteiger partial charge < -0.3 is 9.84 Å². The summed E-state index contributed by atoms with van der Waals surface area (Å²) in [6.07, 6.45) is 1.74. The van der Waals surface area contributed by atoms with Crippen LogP contribution in [0.5, 0.6) is 5.75 Å². The van der Waals surface area contributed by atoms with Crippen molar-refractivity contribution < 1.29 is 9.84 Å². The average Bonchev–Trinajstić information content (AvgIpc) is 2.77. The third kappa shape index (κ3) is 3.79. The molecule has 0 unspecified atom stereocenters. The second-order valence-electron chi connectivity index (χ2n) is 5.09. The first kappa shape index (κ1) is 13.5. The summed E-state index contributed by atoms with van der Waals surface area (Å²) in [7, 11) is 0. The predicted octanol–water partition coefficient (Wildman–Crippen LogP) is 1.89. The number of rotatable bonds is 5. The van der Waals surface area contributed by atoms with E-state index in [1.54, 1.807) is 24.7 Å². The van der Waals surface area contributed by atoms with Gasteiger partial charge in [-0.25, -0.2) is 4.68 Å². The van der Waals surface area contributed by atoms with Crippen LogP contribution < -0.4 is 4.74 Å². The molecular weight excluding hydrogens is 242 g/mol. The van der Waals surface area contributed by atoms with Crippen molar-refractivity contribution in [2.24, 2.45) is 0 Å². The van der Waals surface area contributed by atoms with Crippen molar-refractivity contribution in [3.63, 3.8) is 0 Å². The first-order valence-electron chi connectivity index (χ1n) is 6.27. The standard InChI is InChI=1S/C14H19N3O2/c1-11-5-4-6-12(9-11)19-8-7-17-10-13(15-16-17)14(2,3)18/h4-6,9-10,18H,7-8H2,1-3H3. The Morgan fingerprint density at radius 2 is 2.16 bits per heavy atom. The highest BCUT2D eigenvalue weighted by Crippen LogP contribution is 2.16. The maximum Gasteiger partial charge on any atom is 0.119 e. The zero-order valence-corrected chi connectivity index (χ0v) is 11.5. The molecule has 0 bridgehead atoms. The van der Waals surface area contributed by atoms with Gasteiger partial charge >= 0.3 is 0 Å². The highest BCUT2D eigenvalue weighted by Gasteiger charge is 2.19. The van der Waals surface area contributed by atoms with Gasteiger partial charge in [0.2, 0.25) is 0 Å². The molecule has 2 rings (SSSR count). The second kappa shape index (κ2) is 5.40. The molecule has 0 aliphatic carbocycles. The van der Waals surface area contributed by atoms with E-state index in [2.05, 4.69) is 10.3 Å². The van der Waals surface area contributed by atoms with Gasteiger partial charge in [-0.1, -0.05) is 17.3 Å². The fourth-order valence-corrected chi connectivity index (χ4v) is 1.65. The van der Waals surface area contributed by atoms with E-state index < -0.39 is 5.60 Å². The van der Waals surface area contributed by atoms with E-state index in [4.69, 9.17) is 4.74 Å². The van der Waals surface area contributed by atoms with Crippen LogP contribution in [0.25, 0.3) is 0 Å². The second-order valence-corrected chi connectivity index (χ2v) is 5.09. The number of aryl methyl sites for hydroxylation is 1. The predicted molar refractivity (Wildman–Crippen MR) is 71.9 cm³/mol. The normalized spacial score (nSPS) is 11.6. The SMILES string of the molecule is Cc1cccc(OCCn2cc(C(C)(C)O)nn2)c1. The Hall–Kier alpha value is -1.88. The van der Waals surface area contributed by atoms with Crippen molar-refractivity contribution >= 4 is 0 Å². The van der Waals surface area contributed by atoms with Crippen molar-refractivity contribution in [1.82, 2.24) is 15.0 Å². The number of benzene rings is 1. The largest absolute Gasteiger partial charge is 0.492 e. The van der Waals surface area contributed by atoms with Crippen LogP contribution >= 0.6 is 0 Å². The molecule has 102 valence electrons. The van der Waals surface area contributed by atoms with Crippen LogP contribution in [0.4, 0.5) is 0 Å². The van der Waals surface area contributed by atoms with Gasteiger partial charge in [-0.2, -0.15) is 0 Å². The lowest BCUT2D eigenvalue weighted by molar-refractivity contribution is 0.0737. The zero-order chi connectivity index (χ0) is 13.9. The first-order valence-corrected chi connectivity index (χ1v) is 6.27. The van der Waals surface area contributed by atoms with Gasteiger partial charge in [0.15, 0.2) is 0 Å². The molecule has 0 aliphatic heterocycles. The minimum Gasteiger partial charge on any atom is -0.492 e. The van der Waals surface area contributed by atoms with Crippen molar-refractivity contribution in [1.29, 1.82) is 0 Å².